The fourth-order valence-electron chi connectivity index (χ4n) is 2.17. The second kappa shape index (κ2) is 8.21. The van der Waals surface area contributed by atoms with Gasteiger partial charge in [-0.15, -0.1) is 0 Å². The number of rotatable bonds is 2. The number of carbonyl (C=O) groups excluding carboxylic acids is 2. The van der Waals surface area contributed by atoms with Crippen LogP contribution in [0.25, 0.3) is 0 Å². The number of nitrogens with zero attached hydrogens (tertiary/aromatic N) is 1. The second-order valence-electron chi connectivity index (χ2n) is 4.89. The molecule has 1 heterocycles. The summed E-state index contributed by atoms with van der Waals surface area (Å²) in [6, 6.07) is 0. The Bertz CT molecular complexity index is 307. The molecule has 2 fully saturated rings. The van der Waals surface area contributed by atoms with E-state index in [2.05, 4.69) is 16.0 Å². The van der Waals surface area contributed by atoms with Gasteiger partial charge in [0.25, 0.3) is 0 Å². The van der Waals surface area contributed by atoms with Gasteiger partial charge < -0.3 is 16.0 Å². The molecule has 5 radical (unpaired) electrons. The summed E-state index contributed by atoms with van der Waals surface area (Å²) >= 11 is 0. The molecule has 0 spiro atoms. The minimum Gasteiger partial charge on any atom is -0.354 e. The van der Waals surface area contributed by atoms with Gasteiger partial charge in [-0.2, -0.15) is 0 Å². The third-order valence-corrected chi connectivity index (χ3v) is 3.12. The second-order valence-corrected chi connectivity index (χ2v) is 4.89. The van der Waals surface area contributed by atoms with E-state index < -0.39 is 0 Å². The number of hydrogen-bond donors (Lipinski definition) is 3. The van der Waals surface area contributed by atoms with E-state index in [4.69, 9.17) is 0 Å². The molecule has 0 aromatic heterocycles. The summed E-state index contributed by atoms with van der Waals surface area (Å²) in [6.07, 6.45) is 7.90. The molecule has 1 aliphatic carbocycles. The van der Waals surface area contributed by atoms with Crippen LogP contribution in [0.1, 0.15) is 0 Å². The molecule has 2 rings (SSSR count). The summed E-state index contributed by atoms with van der Waals surface area (Å²) in [6.45, 7) is 3.71. The fourth-order valence-corrected chi connectivity index (χ4v) is 2.17. The summed E-state index contributed by atoms with van der Waals surface area (Å²) in [5.41, 5.74) is 0. The molecule has 1 saturated carbocycles. The van der Waals surface area contributed by atoms with Crippen LogP contribution < -0.4 is 16.0 Å². The quantitative estimate of drug-likeness (QED) is 0.576. The molecule has 6 heteroatoms. The highest BCUT2D eigenvalue weighted by atomic mass is 16.2. The van der Waals surface area contributed by atoms with Gasteiger partial charge >= 0.3 is 0 Å². The van der Waals surface area contributed by atoms with Crippen LogP contribution in [0.15, 0.2) is 0 Å². The van der Waals surface area contributed by atoms with Crippen molar-refractivity contribution in [2.75, 3.05) is 45.8 Å². The monoisotopic (exact) mass is 277 g/mol. The van der Waals surface area contributed by atoms with E-state index >= 15 is 0 Å². The average Bonchev–Trinajstić information content (AvgIpc) is 2.89. The molecule has 2 aliphatic rings. The Kier molecular flexibility index (Phi) is 6.26. The van der Waals surface area contributed by atoms with Crippen molar-refractivity contribution in [3.05, 3.63) is 31.6 Å². The lowest BCUT2D eigenvalue weighted by molar-refractivity contribution is -0.125. The Morgan fingerprint density at radius 1 is 0.900 bits per heavy atom. The van der Waals surface area contributed by atoms with Gasteiger partial charge in [0.05, 0.1) is 13.1 Å². The third-order valence-electron chi connectivity index (χ3n) is 3.12. The Labute approximate surface area is 120 Å². The first-order chi connectivity index (χ1) is 9.74. The molecular formula is C14H21N4O2. The van der Waals surface area contributed by atoms with Crippen LogP contribution >= 0.6 is 0 Å². The van der Waals surface area contributed by atoms with Gasteiger partial charge in [0.15, 0.2) is 0 Å². The third kappa shape index (κ3) is 5.46. The zero-order valence-corrected chi connectivity index (χ0v) is 11.5. The molecule has 6 nitrogen and oxygen atoms in total. The van der Waals surface area contributed by atoms with Crippen molar-refractivity contribution >= 4 is 11.8 Å². The lowest BCUT2D eigenvalue weighted by atomic mass is 10.1. The van der Waals surface area contributed by atoms with Gasteiger partial charge in [-0.05, 0) is 31.6 Å². The van der Waals surface area contributed by atoms with Crippen LogP contribution in [0.5, 0.6) is 0 Å². The Morgan fingerprint density at radius 2 is 1.45 bits per heavy atom. The number of hydrogen-bond acceptors (Lipinski definition) is 4. The van der Waals surface area contributed by atoms with Gasteiger partial charge in [-0.3, -0.25) is 14.5 Å². The average molecular weight is 277 g/mol. The van der Waals surface area contributed by atoms with E-state index in [0.717, 1.165) is 5.92 Å². The summed E-state index contributed by atoms with van der Waals surface area (Å²) in [7, 11) is 0. The molecule has 0 aromatic rings. The highest BCUT2D eigenvalue weighted by Crippen LogP contribution is 2.23. The Balaban J connectivity index is 1.88. The molecule has 0 unspecified atom stereocenters. The molecule has 0 aromatic carbocycles. The predicted molar refractivity (Wildman–Crippen MR) is 75.8 cm³/mol. The molecule has 1 saturated heterocycles. The highest BCUT2D eigenvalue weighted by molar-refractivity contribution is 5.81. The van der Waals surface area contributed by atoms with Gasteiger partial charge in [0, 0.05) is 32.7 Å². The van der Waals surface area contributed by atoms with Crippen molar-refractivity contribution in [1.82, 2.24) is 20.9 Å². The molecule has 2 amide bonds. The van der Waals surface area contributed by atoms with Crippen LogP contribution in [0.2, 0.25) is 0 Å². The first kappa shape index (κ1) is 15.3. The zero-order chi connectivity index (χ0) is 14.2. The molecule has 3 N–H and O–H groups in total. The highest BCUT2D eigenvalue weighted by Gasteiger charge is 2.23. The van der Waals surface area contributed by atoms with E-state index in [9.17, 15) is 9.59 Å². The van der Waals surface area contributed by atoms with Crippen molar-refractivity contribution in [3.8, 4) is 0 Å². The fraction of sp³-hybridized carbons (Fsp3) is 0.500. The predicted octanol–water partition coefficient (Wildman–Crippen LogP) is -1.47. The van der Waals surface area contributed by atoms with Crippen LogP contribution in [0, 0.1) is 31.6 Å². The van der Waals surface area contributed by atoms with Crippen LogP contribution in [-0.2, 0) is 9.59 Å². The van der Waals surface area contributed by atoms with E-state index in [0.29, 0.717) is 32.7 Å². The summed E-state index contributed by atoms with van der Waals surface area (Å²) < 4.78 is 0. The van der Waals surface area contributed by atoms with Gasteiger partial charge in [0.1, 0.15) is 0 Å². The number of nitrogens with one attached hydrogen (secondary N) is 3. The lowest BCUT2D eigenvalue weighted by Gasteiger charge is -2.24. The molecule has 1 aliphatic heterocycles. The van der Waals surface area contributed by atoms with Crippen molar-refractivity contribution in [2.45, 2.75) is 0 Å². The summed E-state index contributed by atoms with van der Waals surface area (Å²) in [4.78, 5) is 25.5. The molecule has 0 bridgehead atoms. The molecule has 109 valence electrons. The minimum atomic E-state index is -0.0493. The van der Waals surface area contributed by atoms with Gasteiger partial charge in [0.2, 0.25) is 11.8 Å². The van der Waals surface area contributed by atoms with Crippen LogP contribution in [0.3, 0.4) is 0 Å². The van der Waals surface area contributed by atoms with Gasteiger partial charge in [-0.25, -0.2) is 0 Å². The number of carbonyl (C=O) groups is 2. The normalized spacial score (nSPS) is 24.6. The Hall–Kier alpha value is -1.14. The summed E-state index contributed by atoms with van der Waals surface area (Å²) in [5.74, 6) is 1.01. The van der Waals surface area contributed by atoms with E-state index in [-0.39, 0.29) is 24.9 Å². The lowest BCUT2D eigenvalue weighted by Crippen LogP contribution is -2.47. The van der Waals surface area contributed by atoms with Crippen molar-refractivity contribution < 1.29 is 9.59 Å². The molecule has 20 heavy (non-hydrogen) atoms. The smallest absolute Gasteiger partial charge is 0.234 e. The first-order valence-electron chi connectivity index (χ1n) is 6.91. The largest absolute Gasteiger partial charge is 0.354 e. The maximum Gasteiger partial charge on any atom is 0.234 e. The SMILES string of the molecule is O=C1CN(C[C]2[CH][CH][CH][CH]2)CC(=O)NCCNCCN1. The van der Waals surface area contributed by atoms with Crippen LogP contribution in [0.4, 0.5) is 0 Å². The van der Waals surface area contributed by atoms with Gasteiger partial charge in [-0.1, -0.05) is 0 Å². The first-order valence-corrected chi connectivity index (χ1v) is 6.91. The molecule has 0 atom stereocenters. The van der Waals surface area contributed by atoms with Crippen molar-refractivity contribution in [2.24, 2.45) is 0 Å². The van der Waals surface area contributed by atoms with Crippen LogP contribution in [-0.4, -0.2) is 62.5 Å². The van der Waals surface area contributed by atoms with E-state index in [1.54, 1.807) is 0 Å². The summed E-state index contributed by atoms with van der Waals surface area (Å²) in [5, 5.41) is 8.85. The van der Waals surface area contributed by atoms with Crippen molar-refractivity contribution in [1.29, 1.82) is 0 Å². The minimum absolute atomic E-state index is 0.0493. The Morgan fingerprint density at radius 3 is 2.00 bits per heavy atom. The maximum absolute atomic E-state index is 11.8. The topological polar surface area (TPSA) is 73.5 Å². The number of amides is 2. The van der Waals surface area contributed by atoms with E-state index in [1.165, 1.54) is 0 Å². The standard InChI is InChI=1S/C14H21N4O2/c19-13-10-18(9-12-3-1-2-4-12)11-14(20)17-8-6-15-5-7-16-13/h1-4,15H,5-11H2,(H,16,19)(H,17,20). The zero-order valence-electron chi connectivity index (χ0n) is 11.5. The molecular weight excluding hydrogens is 256 g/mol. The van der Waals surface area contributed by atoms with Crippen molar-refractivity contribution in [3.63, 3.8) is 0 Å². The maximum atomic E-state index is 11.8. The van der Waals surface area contributed by atoms with E-state index in [1.807, 2.05) is 30.6 Å².